The maximum absolute atomic E-state index is 11.5. The van der Waals surface area contributed by atoms with Crippen LogP contribution in [-0.2, 0) is 14.8 Å². The van der Waals surface area contributed by atoms with Crippen LogP contribution in [0.1, 0.15) is 0 Å². The molecule has 0 radical (unpaired) electrons. The van der Waals surface area contributed by atoms with Crippen molar-refractivity contribution in [1.82, 2.24) is 4.83 Å². The van der Waals surface area contributed by atoms with Gasteiger partial charge in [-0.2, -0.15) is 0 Å². The lowest BCUT2D eigenvalue weighted by Crippen LogP contribution is -2.48. The largest absolute Gasteiger partial charge is 0.322 e. The molecule has 7 heteroatoms. The van der Waals surface area contributed by atoms with E-state index in [0.29, 0.717) is 5.69 Å². The monoisotopic (exact) mass is 243 g/mol. The summed E-state index contributed by atoms with van der Waals surface area (Å²) in [4.78, 5) is 13.6. The highest BCUT2D eigenvalue weighted by molar-refractivity contribution is 7.88. The van der Waals surface area contributed by atoms with E-state index < -0.39 is 15.9 Å². The molecule has 0 saturated heterocycles. The average Bonchev–Trinajstić information content (AvgIpc) is 2.25. The molecule has 1 aromatic carbocycles. The van der Waals surface area contributed by atoms with Gasteiger partial charge in [-0.05, 0) is 12.1 Å². The zero-order chi connectivity index (χ0) is 12.2. The minimum Gasteiger partial charge on any atom is -0.322 e. The van der Waals surface area contributed by atoms with Gasteiger partial charge in [0.05, 0.1) is 18.5 Å². The molecule has 1 rings (SSSR count). The predicted octanol–water partition coefficient (Wildman–Crippen LogP) is -0.557. The molecule has 0 aromatic heterocycles. The number of nitrogens with one attached hydrogen (secondary N) is 1. The Morgan fingerprint density at radius 3 is 2.38 bits per heavy atom. The van der Waals surface area contributed by atoms with Crippen LogP contribution in [-0.4, -0.2) is 27.1 Å². The van der Waals surface area contributed by atoms with Crippen LogP contribution in [0.5, 0.6) is 0 Å². The molecule has 0 aliphatic carbocycles. The first-order valence-electron chi connectivity index (χ1n) is 4.49. The summed E-state index contributed by atoms with van der Waals surface area (Å²) in [5.74, 6) is -0.531. The van der Waals surface area contributed by atoms with Crippen molar-refractivity contribution in [3.8, 4) is 0 Å². The quantitative estimate of drug-likeness (QED) is 0.693. The Bertz CT molecular complexity index is 458. The Morgan fingerprint density at radius 1 is 1.38 bits per heavy atom. The van der Waals surface area contributed by atoms with Crippen LogP contribution in [0.25, 0.3) is 0 Å². The van der Waals surface area contributed by atoms with Gasteiger partial charge in [0.1, 0.15) is 0 Å². The number of hydrazine groups is 1. The number of rotatable bonds is 4. The van der Waals surface area contributed by atoms with E-state index in [1.54, 1.807) is 30.3 Å². The first kappa shape index (κ1) is 12.6. The van der Waals surface area contributed by atoms with Gasteiger partial charge in [0.2, 0.25) is 10.0 Å². The SMILES string of the molecule is CS(=O)(=O)NN(C(=O)CN)c1ccccc1. The Balaban J connectivity index is 3.02. The van der Waals surface area contributed by atoms with Crippen molar-refractivity contribution in [3.63, 3.8) is 0 Å². The Kier molecular flexibility index (Phi) is 3.99. The summed E-state index contributed by atoms with van der Waals surface area (Å²) in [6.07, 6.45) is 0.965. The molecule has 0 fully saturated rings. The van der Waals surface area contributed by atoms with Crippen LogP contribution >= 0.6 is 0 Å². The number of hydrogen-bond donors (Lipinski definition) is 2. The molecule has 6 nitrogen and oxygen atoms in total. The fraction of sp³-hybridized carbons (Fsp3) is 0.222. The molecule has 0 bridgehead atoms. The van der Waals surface area contributed by atoms with Crippen LogP contribution in [0.4, 0.5) is 5.69 Å². The molecule has 0 aliphatic rings. The van der Waals surface area contributed by atoms with Gasteiger partial charge in [0.25, 0.3) is 5.91 Å². The summed E-state index contributed by atoms with van der Waals surface area (Å²) in [6.45, 7) is -0.280. The maximum Gasteiger partial charge on any atom is 0.255 e. The highest BCUT2D eigenvalue weighted by Crippen LogP contribution is 2.11. The number of sulfonamides is 1. The smallest absolute Gasteiger partial charge is 0.255 e. The summed E-state index contributed by atoms with van der Waals surface area (Å²) >= 11 is 0. The number of para-hydroxylation sites is 1. The summed E-state index contributed by atoms with van der Waals surface area (Å²) in [5, 5.41) is 0.912. The molecule has 88 valence electrons. The lowest BCUT2D eigenvalue weighted by atomic mass is 10.3. The Morgan fingerprint density at radius 2 is 1.94 bits per heavy atom. The fourth-order valence-electron chi connectivity index (χ4n) is 1.08. The minimum absolute atomic E-state index is 0.280. The van der Waals surface area contributed by atoms with Crippen molar-refractivity contribution in [2.24, 2.45) is 5.73 Å². The molecular weight excluding hydrogens is 230 g/mol. The van der Waals surface area contributed by atoms with Crippen LogP contribution in [0.3, 0.4) is 0 Å². The molecule has 0 spiro atoms. The van der Waals surface area contributed by atoms with Gasteiger partial charge < -0.3 is 5.73 Å². The molecule has 0 saturated carbocycles. The van der Waals surface area contributed by atoms with Gasteiger partial charge in [-0.1, -0.05) is 18.2 Å². The molecule has 3 N–H and O–H groups in total. The molecular formula is C9H13N3O3S. The van der Waals surface area contributed by atoms with E-state index in [1.165, 1.54) is 0 Å². The minimum atomic E-state index is -3.53. The van der Waals surface area contributed by atoms with Crippen molar-refractivity contribution < 1.29 is 13.2 Å². The predicted molar refractivity (Wildman–Crippen MR) is 61.0 cm³/mol. The molecule has 1 amide bonds. The number of nitrogens with zero attached hydrogens (tertiary/aromatic N) is 1. The number of carbonyl (C=O) groups excluding carboxylic acids is 1. The molecule has 0 aliphatic heterocycles. The van der Waals surface area contributed by atoms with E-state index >= 15 is 0 Å². The van der Waals surface area contributed by atoms with E-state index in [0.717, 1.165) is 11.3 Å². The number of hydrogen-bond acceptors (Lipinski definition) is 4. The van der Waals surface area contributed by atoms with E-state index in [1.807, 2.05) is 0 Å². The summed E-state index contributed by atoms with van der Waals surface area (Å²) in [5.41, 5.74) is 5.62. The molecule has 1 aromatic rings. The topological polar surface area (TPSA) is 92.5 Å². The van der Waals surface area contributed by atoms with Crippen LogP contribution in [0.15, 0.2) is 30.3 Å². The first-order valence-corrected chi connectivity index (χ1v) is 6.38. The van der Waals surface area contributed by atoms with E-state index in [-0.39, 0.29) is 6.54 Å². The highest BCUT2D eigenvalue weighted by Gasteiger charge is 2.17. The van der Waals surface area contributed by atoms with Crippen molar-refractivity contribution >= 4 is 21.6 Å². The average molecular weight is 243 g/mol. The fourth-order valence-corrected chi connectivity index (χ4v) is 1.62. The number of carbonyl (C=O) groups is 1. The number of benzene rings is 1. The second-order valence-electron chi connectivity index (χ2n) is 3.13. The number of anilines is 1. The first-order chi connectivity index (χ1) is 7.44. The van der Waals surface area contributed by atoms with Crippen LogP contribution < -0.4 is 15.6 Å². The van der Waals surface area contributed by atoms with Gasteiger partial charge in [-0.15, -0.1) is 4.83 Å². The zero-order valence-electron chi connectivity index (χ0n) is 8.75. The third kappa shape index (κ3) is 3.61. The second kappa shape index (κ2) is 5.06. The lowest BCUT2D eigenvalue weighted by Gasteiger charge is -2.21. The van der Waals surface area contributed by atoms with E-state index in [2.05, 4.69) is 4.83 Å². The van der Waals surface area contributed by atoms with Crippen molar-refractivity contribution in [2.45, 2.75) is 0 Å². The Labute approximate surface area is 94.1 Å². The van der Waals surface area contributed by atoms with Gasteiger partial charge >= 0.3 is 0 Å². The summed E-state index contributed by atoms with van der Waals surface area (Å²) in [7, 11) is -3.53. The maximum atomic E-state index is 11.5. The zero-order valence-corrected chi connectivity index (χ0v) is 9.57. The highest BCUT2D eigenvalue weighted by atomic mass is 32.2. The standard InChI is InChI=1S/C9H13N3O3S/c1-16(14,15)11-12(9(13)7-10)8-5-3-2-4-6-8/h2-6,11H,7,10H2,1H3. The normalized spacial score (nSPS) is 11.1. The lowest BCUT2D eigenvalue weighted by molar-refractivity contribution is -0.117. The summed E-state index contributed by atoms with van der Waals surface area (Å²) in [6, 6.07) is 8.35. The van der Waals surface area contributed by atoms with Gasteiger partial charge in [-0.3, -0.25) is 4.79 Å². The van der Waals surface area contributed by atoms with E-state index in [4.69, 9.17) is 5.73 Å². The van der Waals surface area contributed by atoms with E-state index in [9.17, 15) is 13.2 Å². The van der Waals surface area contributed by atoms with Gasteiger partial charge in [-0.25, -0.2) is 13.4 Å². The van der Waals surface area contributed by atoms with Gasteiger partial charge in [0, 0.05) is 0 Å². The number of amides is 1. The van der Waals surface area contributed by atoms with Crippen LogP contribution in [0.2, 0.25) is 0 Å². The third-order valence-corrected chi connectivity index (χ3v) is 2.21. The molecule has 16 heavy (non-hydrogen) atoms. The Hall–Kier alpha value is -1.44. The molecule has 0 atom stereocenters. The molecule has 0 heterocycles. The van der Waals surface area contributed by atoms with Crippen molar-refractivity contribution in [3.05, 3.63) is 30.3 Å². The van der Waals surface area contributed by atoms with Crippen molar-refractivity contribution in [2.75, 3.05) is 17.8 Å². The summed E-state index contributed by atoms with van der Waals surface area (Å²) < 4.78 is 22.2. The van der Waals surface area contributed by atoms with Gasteiger partial charge in [0.15, 0.2) is 0 Å². The van der Waals surface area contributed by atoms with Crippen LogP contribution in [0, 0.1) is 0 Å². The third-order valence-electron chi connectivity index (χ3n) is 1.70. The molecule has 0 unspecified atom stereocenters. The second-order valence-corrected chi connectivity index (χ2v) is 4.86. The number of nitrogens with two attached hydrogens (primary N) is 1. The van der Waals surface area contributed by atoms with Crippen molar-refractivity contribution in [1.29, 1.82) is 0 Å².